The lowest BCUT2D eigenvalue weighted by Crippen LogP contribution is -2.13. The monoisotopic (exact) mass is 271 g/mol. The first kappa shape index (κ1) is 15.4. The van der Waals surface area contributed by atoms with Crippen LogP contribution in [-0.2, 0) is 5.41 Å². The van der Waals surface area contributed by atoms with E-state index in [1.54, 1.807) is 24.3 Å². The van der Waals surface area contributed by atoms with Crippen LogP contribution in [0.5, 0.6) is 0 Å². The largest absolute Gasteiger partial charge is 0.389 e. The van der Waals surface area contributed by atoms with Gasteiger partial charge in [-0.2, -0.15) is 13.2 Å². The molecule has 0 aliphatic heterocycles. The van der Waals surface area contributed by atoms with Crippen molar-refractivity contribution in [3.63, 3.8) is 0 Å². The summed E-state index contributed by atoms with van der Waals surface area (Å²) in [6.45, 7) is 6.05. The van der Waals surface area contributed by atoms with E-state index in [0.717, 1.165) is 5.56 Å². The van der Waals surface area contributed by atoms with Crippen molar-refractivity contribution in [3.8, 4) is 0 Å². The molecule has 0 aliphatic carbocycles. The molecule has 1 rings (SSSR count). The Hall–Kier alpha value is -1.68. The van der Waals surface area contributed by atoms with E-state index in [1.807, 2.05) is 20.8 Å². The van der Waals surface area contributed by atoms with Gasteiger partial charge in [0.2, 0.25) is 0 Å². The molecule has 0 saturated heterocycles. The number of halogens is 3. The lowest BCUT2D eigenvalue weighted by atomic mass is 9.86. The van der Waals surface area contributed by atoms with Crippen molar-refractivity contribution in [2.75, 3.05) is 0 Å². The van der Waals surface area contributed by atoms with E-state index in [1.165, 1.54) is 0 Å². The standard InChI is InChI=1S/C13H16F3N3/c1-12(2,3)10-6-4-9(5-7-10)11(18-19-17)8-13(14,15)16/h4-7,11H,8H2,1-3H3. The van der Waals surface area contributed by atoms with Crippen LogP contribution in [0.25, 0.3) is 10.4 Å². The summed E-state index contributed by atoms with van der Waals surface area (Å²) in [5.41, 5.74) is 9.69. The quantitative estimate of drug-likeness (QED) is 0.407. The second-order valence-electron chi connectivity index (χ2n) is 5.41. The van der Waals surface area contributed by atoms with Crippen LogP contribution >= 0.6 is 0 Å². The maximum absolute atomic E-state index is 12.4. The third kappa shape index (κ3) is 4.83. The van der Waals surface area contributed by atoms with Gasteiger partial charge in [0, 0.05) is 4.91 Å². The fourth-order valence-electron chi connectivity index (χ4n) is 1.71. The van der Waals surface area contributed by atoms with Crippen LogP contribution in [0.15, 0.2) is 29.4 Å². The smallest absolute Gasteiger partial charge is 0.171 e. The highest BCUT2D eigenvalue weighted by atomic mass is 19.4. The molecule has 0 amide bonds. The lowest BCUT2D eigenvalue weighted by Gasteiger charge is -2.20. The molecule has 19 heavy (non-hydrogen) atoms. The second kappa shape index (κ2) is 5.53. The topological polar surface area (TPSA) is 48.8 Å². The second-order valence-corrected chi connectivity index (χ2v) is 5.41. The molecule has 1 aromatic rings. The fraction of sp³-hybridized carbons (Fsp3) is 0.538. The van der Waals surface area contributed by atoms with Gasteiger partial charge < -0.3 is 0 Å². The number of alkyl halides is 3. The van der Waals surface area contributed by atoms with E-state index < -0.39 is 18.6 Å². The van der Waals surface area contributed by atoms with Crippen LogP contribution in [0.2, 0.25) is 0 Å². The van der Waals surface area contributed by atoms with E-state index >= 15 is 0 Å². The Morgan fingerprint density at radius 2 is 1.68 bits per heavy atom. The molecule has 0 N–H and O–H groups in total. The van der Waals surface area contributed by atoms with E-state index in [9.17, 15) is 13.2 Å². The molecule has 0 aliphatic rings. The van der Waals surface area contributed by atoms with Gasteiger partial charge in [0.25, 0.3) is 0 Å². The van der Waals surface area contributed by atoms with Gasteiger partial charge in [0.15, 0.2) is 0 Å². The van der Waals surface area contributed by atoms with Crippen LogP contribution in [0, 0.1) is 0 Å². The Balaban J connectivity index is 3.02. The summed E-state index contributed by atoms with van der Waals surface area (Å²) in [4.78, 5) is 2.49. The summed E-state index contributed by atoms with van der Waals surface area (Å²) in [6.07, 6.45) is -5.51. The van der Waals surface area contributed by atoms with Crippen LogP contribution in [0.4, 0.5) is 13.2 Å². The highest BCUT2D eigenvalue weighted by molar-refractivity contribution is 5.29. The van der Waals surface area contributed by atoms with Crippen molar-refractivity contribution in [1.29, 1.82) is 0 Å². The third-order valence-electron chi connectivity index (χ3n) is 2.78. The highest BCUT2D eigenvalue weighted by Crippen LogP contribution is 2.33. The van der Waals surface area contributed by atoms with Crippen molar-refractivity contribution >= 4 is 0 Å². The minimum atomic E-state index is -4.36. The molecule has 3 nitrogen and oxygen atoms in total. The predicted octanol–water partition coefficient (Wildman–Crippen LogP) is 5.29. The Labute approximate surface area is 110 Å². The molecule has 0 saturated carbocycles. The number of hydrogen-bond acceptors (Lipinski definition) is 1. The Kier molecular flexibility index (Phi) is 4.48. The van der Waals surface area contributed by atoms with Gasteiger partial charge in [-0.15, -0.1) is 0 Å². The van der Waals surface area contributed by atoms with Crippen molar-refractivity contribution < 1.29 is 13.2 Å². The average Bonchev–Trinajstić information content (AvgIpc) is 2.26. The molecule has 0 bridgehead atoms. The number of azide groups is 1. The molecule has 1 atom stereocenters. The van der Waals surface area contributed by atoms with Crippen molar-refractivity contribution in [3.05, 3.63) is 45.8 Å². The molecule has 0 radical (unpaired) electrons. The summed E-state index contributed by atoms with van der Waals surface area (Å²) in [6, 6.07) is 5.51. The Bertz CT molecular complexity index is 465. The Morgan fingerprint density at radius 3 is 2.05 bits per heavy atom. The van der Waals surface area contributed by atoms with Gasteiger partial charge in [-0.3, -0.25) is 0 Å². The van der Waals surface area contributed by atoms with Crippen molar-refractivity contribution in [2.45, 2.75) is 44.8 Å². The zero-order chi connectivity index (χ0) is 14.7. The summed E-state index contributed by atoms with van der Waals surface area (Å²) in [5, 5.41) is 3.23. The van der Waals surface area contributed by atoms with E-state index in [-0.39, 0.29) is 5.41 Å². The summed E-state index contributed by atoms with van der Waals surface area (Å²) < 4.78 is 37.2. The van der Waals surface area contributed by atoms with E-state index in [4.69, 9.17) is 5.53 Å². The van der Waals surface area contributed by atoms with Crippen LogP contribution < -0.4 is 0 Å². The normalized spacial score (nSPS) is 13.8. The fourth-order valence-corrected chi connectivity index (χ4v) is 1.71. The van der Waals surface area contributed by atoms with Crippen LogP contribution in [0.1, 0.15) is 44.4 Å². The number of rotatable bonds is 3. The minimum absolute atomic E-state index is 0.0729. The predicted molar refractivity (Wildman–Crippen MR) is 67.7 cm³/mol. The molecule has 0 spiro atoms. The molecule has 0 aromatic heterocycles. The molecule has 104 valence electrons. The molecule has 6 heteroatoms. The maximum Gasteiger partial charge on any atom is 0.389 e. The van der Waals surface area contributed by atoms with E-state index in [2.05, 4.69) is 10.0 Å². The van der Waals surface area contributed by atoms with E-state index in [0.29, 0.717) is 5.56 Å². The summed E-state index contributed by atoms with van der Waals surface area (Å²) in [5.74, 6) is 0. The first-order chi connectivity index (χ1) is 8.63. The van der Waals surface area contributed by atoms with Gasteiger partial charge in [-0.05, 0) is 22.1 Å². The van der Waals surface area contributed by atoms with Gasteiger partial charge in [-0.1, -0.05) is 50.2 Å². The third-order valence-corrected chi connectivity index (χ3v) is 2.78. The molecular weight excluding hydrogens is 255 g/mol. The lowest BCUT2D eigenvalue weighted by molar-refractivity contribution is -0.138. The highest BCUT2D eigenvalue weighted by Gasteiger charge is 2.32. The van der Waals surface area contributed by atoms with Crippen molar-refractivity contribution in [2.24, 2.45) is 5.11 Å². The number of hydrogen-bond donors (Lipinski definition) is 0. The molecule has 1 aromatic carbocycles. The minimum Gasteiger partial charge on any atom is -0.171 e. The molecule has 1 unspecified atom stereocenters. The molecule has 0 fully saturated rings. The number of nitrogens with zero attached hydrogens (tertiary/aromatic N) is 3. The molecular formula is C13H16F3N3. The maximum atomic E-state index is 12.4. The average molecular weight is 271 g/mol. The molecule has 0 heterocycles. The van der Waals surface area contributed by atoms with Gasteiger partial charge in [0.1, 0.15) is 0 Å². The zero-order valence-corrected chi connectivity index (χ0v) is 11.1. The first-order valence-electron chi connectivity index (χ1n) is 5.85. The first-order valence-corrected chi connectivity index (χ1v) is 5.85. The van der Waals surface area contributed by atoms with Crippen LogP contribution in [-0.4, -0.2) is 6.18 Å². The summed E-state index contributed by atoms with van der Waals surface area (Å²) in [7, 11) is 0. The van der Waals surface area contributed by atoms with Gasteiger partial charge in [-0.25, -0.2) is 0 Å². The zero-order valence-electron chi connectivity index (χ0n) is 11.1. The Morgan fingerprint density at radius 1 is 1.16 bits per heavy atom. The van der Waals surface area contributed by atoms with Crippen LogP contribution in [0.3, 0.4) is 0 Å². The summed E-state index contributed by atoms with van der Waals surface area (Å²) >= 11 is 0. The van der Waals surface area contributed by atoms with Crippen molar-refractivity contribution in [1.82, 2.24) is 0 Å². The SMILES string of the molecule is CC(C)(C)c1ccc(C(CC(F)(F)F)N=[N+]=[N-])cc1. The number of benzene rings is 1. The van der Waals surface area contributed by atoms with Gasteiger partial charge in [0.05, 0.1) is 12.5 Å². The van der Waals surface area contributed by atoms with Gasteiger partial charge >= 0.3 is 6.18 Å².